The van der Waals surface area contributed by atoms with E-state index in [1.54, 1.807) is 0 Å². The molecule has 0 spiro atoms. The molecule has 2 rings (SSSR count). The third-order valence-electron chi connectivity index (χ3n) is 3.04. The molecule has 16 heavy (non-hydrogen) atoms. The van der Waals surface area contributed by atoms with Crippen molar-refractivity contribution in [3.05, 3.63) is 24.3 Å². The summed E-state index contributed by atoms with van der Waals surface area (Å²) in [4.78, 5) is 1.42. The van der Waals surface area contributed by atoms with Gasteiger partial charge >= 0.3 is 0 Å². The zero-order valence-electron chi connectivity index (χ0n) is 10.0. The van der Waals surface area contributed by atoms with Crippen molar-refractivity contribution in [2.75, 3.05) is 5.32 Å². The molecular weight excluding hydrogens is 214 g/mol. The molecule has 2 heteroatoms. The predicted molar refractivity (Wildman–Crippen MR) is 73.1 cm³/mol. The van der Waals surface area contributed by atoms with Crippen LogP contribution in [0.15, 0.2) is 29.2 Å². The predicted octanol–water partition coefficient (Wildman–Crippen LogP) is 4.89. The van der Waals surface area contributed by atoms with Crippen LogP contribution in [0.1, 0.15) is 45.4 Å². The fourth-order valence-corrected chi connectivity index (χ4v) is 3.30. The van der Waals surface area contributed by atoms with Crippen LogP contribution in [0, 0.1) is 0 Å². The first kappa shape index (κ1) is 11.8. The van der Waals surface area contributed by atoms with Crippen LogP contribution in [0.25, 0.3) is 0 Å². The number of anilines is 1. The first-order valence-corrected chi connectivity index (χ1v) is 7.30. The molecule has 1 nitrogen and oxygen atoms in total. The van der Waals surface area contributed by atoms with E-state index >= 15 is 0 Å². The SMILES string of the molecule is CCCCCCCC1Nc2ccccc2S1. The number of thioether (sulfide) groups is 1. The summed E-state index contributed by atoms with van der Waals surface area (Å²) in [6.45, 7) is 2.27. The maximum atomic E-state index is 3.59. The van der Waals surface area contributed by atoms with Gasteiger partial charge in [-0.05, 0) is 18.6 Å². The molecule has 88 valence electrons. The molecule has 1 unspecified atom stereocenters. The fraction of sp³-hybridized carbons (Fsp3) is 0.571. The molecule has 1 aromatic carbocycles. The van der Waals surface area contributed by atoms with Gasteiger partial charge in [0.15, 0.2) is 0 Å². The summed E-state index contributed by atoms with van der Waals surface area (Å²) in [6.07, 6.45) is 8.18. The molecule has 0 aromatic heterocycles. The first-order valence-electron chi connectivity index (χ1n) is 6.42. The van der Waals surface area contributed by atoms with E-state index in [0.717, 1.165) is 0 Å². The lowest BCUT2D eigenvalue weighted by Crippen LogP contribution is -2.09. The van der Waals surface area contributed by atoms with E-state index < -0.39 is 0 Å². The molecule has 1 heterocycles. The van der Waals surface area contributed by atoms with E-state index in [4.69, 9.17) is 0 Å². The van der Waals surface area contributed by atoms with E-state index in [-0.39, 0.29) is 0 Å². The summed E-state index contributed by atoms with van der Waals surface area (Å²) in [5.74, 6) is 0. The molecule has 0 saturated carbocycles. The smallest absolute Gasteiger partial charge is 0.0770 e. The Bertz CT molecular complexity index is 299. The minimum Gasteiger partial charge on any atom is -0.372 e. The van der Waals surface area contributed by atoms with Crippen molar-refractivity contribution in [1.29, 1.82) is 0 Å². The van der Waals surface area contributed by atoms with Gasteiger partial charge in [0.25, 0.3) is 0 Å². The van der Waals surface area contributed by atoms with Crippen molar-refractivity contribution >= 4 is 17.4 Å². The van der Waals surface area contributed by atoms with Gasteiger partial charge in [-0.1, -0.05) is 62.9 Å². The molecule has 1 aromatic rings. The fourth-order valence-electron chi connectivity index (χ4n) is 2.11. The van der Waals surface area contributed by atoms with Gasteiger partial charge in [-0.25, -0.2) is 0 Å². The average molecular weight is 235 g/mol. The largest absolute Gasteiger partial charge is 0.372 e. The lowest BCUT2D eigenvalue weighted by atomic mass is 10.1. The maximum Gasteiger partial charge on any atom is 0.0770 e. The lowest BCUT2D eigenvalue weighted by molar-refractivity contribution is 0.610. The molecular formula is C14H21NS. The quantitative estimate of drug-likeness (QED) is 0.704. The summed E-state index contributed by atoms with van der Waals surface area (Å²) in [7, 11) is 0. The van der Waals surface area contributed by atoms with Gasteiger partial charge in [-0.2, -0.15) is 0 Å². The van der Waals surface area contributed by atoms with E-state index in [1.165, 1.54) is 49.1 Å². The zero-order valence-corrected chi connectivity index (χ0v) is 10.9. The number of para-hydroxylation sites is 1. The summed E-state index contributed by atoms with van der Waals surface area (Å²) < 4.78 is 0. The van der Waals surface area contributed by atoms with Crippen molar-refractivity contribution in [3.8, 4) is 0 Å². The molecule has 1 aliphatic heterocycles. The highest BCUT2D eigenvalue weighted by atomic mass is 32.2. The highest BCUT2D eigenvalue weighted by Crippen LogP contribution is 2.39. The Kier molecular flexibility index (Phi) is 4.58. The molecule has 0 bridgehead atoms. The summed E-state index contributed by atoms with van der Waals surface area (Å²) in [6, 6.07) is 8.62. The van der Waals surface area contributed by atoms with Crippen LogP contribution in [0.4, 0.5) is 5.69 Å². The lowest BCUT2D eigenvalue weighted by Gasteiger charge is -2.09. The number of rotatable bonds is 6. The topological polar surface area (TPSA) is 12.0 Å². The van der Waals surface area contributed by atoms with Gasteiger partial charge in [0.2, 0.25) is 0 Å². The van der Waals surface area contributed by atoms with Crippen molar-refractivity contribution in [2.24, 2.45) is 0 Å². The second-order valence-corrected chi connectivity index (χ2v) is 5.69. The van der Waals surface area contributed by atoms with Crippen molar-refractivity contribution < 1.29 is 0 Å². The third-order valence-corrected chi connectivity index (χ3v) is 4.29. The van der Waals surface area contributed by atoms with Crippen LogP contribution in [0.5, 0.6) is 0 Å². The van der Waals surface area contributed by atoms with Crippen molar-refractivity contribution in [1.82, 2.24) is 0 Å². The number of fused-ring (bicyclic) bond motifs is 1. The minimum absolute atomic E-state index is 0.610. The van der Waals surface area contributed by atoms with Gasteiger partial charge < -0.3 is 5.32 Å². The molecule has 0 radical (unpaired) electrons. The molecule has 0 fully saturated rings. The van der Waals surface area contributed by atoms with Crippen LogP contribution in [-0.2, 0) is 0 Å². The number of hydrogen-bond acceptors (Lipinski definition) is 2. The number of hydrogen-bond donors (Lipinski definition) is 1. The molecule has 1 N–H and O–H groups in total. The number of nitrogens with one attached hydrogen (secondary N) is 1. The third kappa shape index (κ3) is 3.18. The second-order valence-electron chi connectivity index (χ2n) is 4.45. The molecule has 1 atom stereocenters. The molecule has 0 amide bonds. The first-order chi connectivity index (χ1) is 7.90. The molecule has 0 aliphatic carbocycles. The summed E-state index contributed by atoms with van der Waals surface area (Å²) in [5.41, 5.74) is 1.33. The van der Waals surface area contributed by atoms with E-state index in [1.807, 2.05) is 11.8 Å². The standard InChI is InChI=1S/C14H21NS/c1-2-3-4-5-6-11-14-15-12-9-7-8-10-13(12)16-14/h7-10,14-15H,2-6,11H2,1H3. The maximum absolute atomic E-state index is 3.59. The number of unbranched alkanes of at least 4 members (excludes halogenated alkanes) is 4. The van der Waals surface area contributed by atoms with Crippen LogP contribution in [-0.4, -0.2) is 5.37 Å². The Morgan fingerprint density at radius 1 is 1.12 bits per heavy atom. The summed E-state index contributed by atoms with van der Waals surface area (Å²) in [5, 5.41) is 4.20. The van der Waals surface area contributed by atoms with Crippen LogP contribution >= 0.6 is 11.8 Å². The monoisotopic (exact) mass is 235 g/mol. The summed E-state index contributed by atoms with van der Waals surface area (Å²) >= 11 is 1.99. The highest BCUT2D eigenvalue weighted by molar-refractivity contribution is 8.00. The van der Waals surface area contributed by atoms with Gasteiger partial charge in [0.05, 0.1) is 5.37 Å². The Morgan fingerprint density at radius 3 is 2.75 bits per heavy atom. The van der Waals surface area contributed by atoms with Gasteiger partial charge in [-0.3, -0.25) is 0 Å². The highest BCUT2D eigenvalue weighted by Gasteiger charge is 2.19. The minimum atomic E-state index is 0.610. The van der Waals surface area contributed by atoms with Gasteiger partial charge in [0, 0.05) is 10.6 Å². The van der Waals surface area contributed by atoms with Crippen molar-refractivity contribution in [3.63, 3.8) is 0 Å². The van der Waals surface area contributed by atoms with Crippen LogP contribution in [0.2, 0.25) is 0 Å². The van der Waals surface area contributed by atoms with E-state index in [2.05, 4.69) is 36.5 Å². The Morgan fingerprint density at radius 2 is 1.94 bits per heavy atom. The Labute approximate surface area is 103 Å². The Hall–Kier alpha value is -0.630. The van der Waals surface area contributed by atoms with E-state index in [9.17, 15) is 0 Å². The molecule has 0 saturated heterocycles. The van der Waals surface area contributed by atoms with Gasteiger partial charge in [-0.15, -0.1) is 0 Å². The Balaban J connectivity index is 1.67. The normalized spacial score (nSPS) is 18.2. The van der Waals surface area contributed by atoms with E-state index in [0.29, 0.717) is 5.37 Å². The zero-order chi connectivity index (χ0) is 11.2. The number of benzene rings is 1. The van der Waals surface area contributed by atoms with Gasteiger partial charge in [0.1, 0.15) is 0 Å². The van der Waals surface area contributed by atoms with Crippen LogP contribution < -0.4 is 5.32 Å². The molecule has 1 aliphatic rings. The van der Waals surface area contributed by atoms with Crippen molar-refractivity contribution in [2.45, 2.75) is 55.7 Å². The average Bonchev–Trinajstić information content (AvgIpc) is 2.71. The van der Waals surface area contributed by atoms with Crippen LogP contribution in [0.3, 0.4) is 0 Å². The second kappa shape index (κ2) is 6.19.